The van der Waals surface area contributed by atoms with Crippen LogP contribution in [-0.2, 0) is 6.42 Å². The van der Waals surface area contributed by atoms with Gasteiger partial charge in [0.2, 0.25) is 0 Å². The van der Waals surface area contributed by atoms with Crippen molar-refractivity contribution >= 4 is 12.1 Å². The van der Waals surface area contributed by atoms with Gasteiger partial charge in [-0.2, -0.15) is 4.98 Å². The number of nitrogens with zero attached hydrogens (tertiary/aromatic N) is 1. The number of oxazole rings is 1. The van der Waals surface area contributed by atoms with E-state index in [1.807, 2.05) is 6.08 Å². The van der Waals surface area contributed by atoms with E-state index in [4.69, 9.17) is 10.3 Å². The second kappa shape index (κ2) is 2.39. The highest BCUT2D eigenvalue weighted by atomic mass is 16.4. The minimum Gasteiger partial charge on any atom is -0.423 e. The lowest BCUT2D eigenvalue weighted by atomic mass is 10.1. The minimum absolute atomic E-state index is 0.390. The number of nitrogens with one attached hydrogen (secondary N) is 1. The highest BCUT2D eigenvalue weighted by Gasteiger charge is 2.11. The summed E-state index contributed by atoms with van der Waals surface area (Å²) >= 11 is 0. The van der Waals surface area contributed by atoms with Crippen LogP contribution in [-0.4, -0.2) is 4.98 Å². The summed E-state index contributed by atoms with van der Waals surface area (Å²) in [6.07, 6.45) is 5.96. The molecule has 4 nitrogen and oxygen atoms in total. The van der Waals surface area contributed by atoms with Crippen molar-refractivity contribution in [2.24, 2.45) is 5.84 Å². The van der Waals surface area contributed by atoms with Crippen LogP contribution in [0.5, 0.6) is 0 Å². The highest BCUT2D eigenvalue weighted by Crippen LogP contribution is 2.21. The zero-order chi connectivity index (χ0) is 7.68. The van der Waals surface area contributed by atoms with Gasteiger partial charge in [-0.05, 0) is 18.9 Å². The van der Waals surface area contributed by atoms with Crippen molar-refractivity contribution in [2.75, 3.05) is 5.43 Å². The third kappa shape index (κ3) is 1.01. The summed E-state index contributed by atoms with van der Waals surface area (Å²) in [5.41, 5.74) is 3.36. The van der Waals surface area contributed by atoms with Gasteiger partial charge in [-0.1, -0.05) is 6.08 Å². The number of aromatic nitrogens is 1. The van der Waals surface area contributed by atoms with Crippen molar-refractivity contribution in [3.05, 3.63) is 17.5 Å². The Bertz CT molecular complexity index is 290. The van der Waals surface area contributed by atoms with Crippen LogP contribution in [0.15, 0.2) is 10.5 Å². The van der Waals surface area contributed by atoms with E-state index in [-0.39, 0.29) is 0 Å². The second-order valence-electron chi connectivity index (χ2n) is 2.42. The number of aryl methyl sites for hydroxylation is 1. The quantitative estimate of drug-likeness (QED) is 0.462. The molecule has 0 spiro atoms. The molecule has 1 aliphatic rings. The smallest absolute Gasteiger partial charge is 0.309 e. The molecule has 3 N–H and O–H groups in total. The summed E-state index contributed by atoms with van der Waals surface area (Å²) in [7, 11) is 0. The standard InChI is InChI=1S/C7H9N3O/c8-10-7-9-5-3-1-2-4-6(5)11-7/h2,4H,1,3,8H2,(H,9,10). The Balaban J connectivity index is 2.42. The normalized spacial score (nSPS) is 14.6. The third-order valence-electron chi connectivity index (χ3n) is 1.67. The van der Waals surface area contributed by atoms with Gasteiger partial charge in [0.15, 0.2) is 5.76 Å². The third-order valence-corrected chi connectivity index (χ3v) is 1.67. The van der Waals surface area contributed by atoms with Crippen LogP contribution < -0.4 is 11.3 Å². The van der Waals surface area contributed by atoms with Gasteiger partial charge in [0, 0.05) is 0 Å². The predicted molar refractivity (Wildman–Crippen MR) is 41.7 cm³/mol. The SMILES string of the molecule is NNc1nc2c(o1)C=CCC2. The van der Waals surface area contributed by atoms with Crippen molar-refractivity contribution in [3.8, 4) is 0 Å². The molecule has 1 aliphatic carbocycles. The number of hydrogen-bond acceptors (Lipinski definition) is 4. The topological polar surface area (TPSA) is 64.1 Å². The van der Waals surface area contributed by atoms with E-state index >= 15 is 0 Å². The molecule has 2 rings (SSSR count). The van der Waals surface area contributed by atoms with E-state index < -0.39 is 0 Å². The van der Waals surface area contributed by atoms with E-state index in [0.29, 0.717) is 6.01 Å². The fourth-order valence-electron chi connectivity index (χ4n) is 1.15. The molecule has 11 heavy (non-hydrogen) atoms. The van der Waals surface area contributed by atoms with E-state index in [9.17, 15) is 0 Å². The maximum Gasteiger partial charge on any atom is 0.309 e. The molecule has 4 heteroatoms. The van der Waals surface area contributed by atoms with Gasteiger partial charge in [0.05, 0.1) is 5.69 Å². The Labute approximate surface area is 64.1 Å². The molecule has 58 valence electrons. The van der Waals surface area contributed by atoms with E-state index in [1.165, 1.54) is 0 Å². The van der Waals surface area contributed by atoms with Gasteiger partial charge in [0.1, 0.15) is 0 Å². The number of nitrogen functional groups attached to an aromatic ring is 1. The summed E-state index contributed by atoms with van der Waals surface area (Å²) in [4.78, 5) is 4.12. The van der Waals surface area contributed by atoms with Crippen LogP contribution in [0.2, 0.25) is 0 Å². The maximum absolute atomic E-state index is 5.22. The first-order chi connectivity index (χ1) is 5.40. The number of hydrazine groups is 1. The highest BCUT2D eigenvalue weighted by molar-refractivity contribution is 5.50. The zero-order valence-corrected chi connectivity index (χ0v) is 6.00. The molecule has 0 fully saturated rings. The fraction of sp³-hybridized carbons (Fsp3) is 0.286. The van der Waals surface area contributed by atoms with Crippen LogP contribution in [0.4, 0.5) is 6.01 Å². The molecule has 0 aliphatic heterocycles. The number of rotatable bonds is 1. The molecule has 0 aromatic carbocycles. The summed E-state index contributed by atoms with van der Waals surface area (Å²) in [5, 5.41) is 0. The number of anilines is 1. The lowest BCUT2D eigenvalue weighted by Crippen LogP contribution is -2.06. The fourth-order valence-corrected chi connectivity index (χ4v) is 1.15. The average Bonchev–Trinajstić information content (AvgIpc) is 2.46. The summed E-state index contributed by atoms with van der Waals surface area (Å²) in [6.45, 7) is 0. The van der Waals surface area contributed by atoms with Crippen molar-refractivity contribution in [3.63, 3.8) is 0 Å². The molecular formula is C7H9N3O. The Morgan fingerprint density at radius 3 is 3.27 bits per heavy atom. The van der Waals surface area contributed by atoms with Crippen LogP contribution in [0.25, 0.3) is 6.08 Å². The van der Waals surface area contributed by atoms with Crippen LogP contribution >= 0.6 is 0 Å². The van der Waals surface area contributed by atoms with E-state index in [1.54, 1.807) is 0 Å². The Morgan fingerprint density at radius 2 is 2.55 bits per heavy atom. The lowest BCUT2D eigenvalue weighted by Gasteiger charge is -1.97. The molecule has 0 radical (unpaired) electrons. The monoisotopic (exact) mass is 151 g/mol. The molecule has 1 aromatic heterocycles. The molecule has 0 atom stereocenters. The Morgan fingerprint density at radius 1 is 1.64 bits per heavy atom. The van der Waals surface area contributed by atoms with Crippen LogP contribution in [0.3, 0.4) is 0 Å². The van der Waals surface area contributed by atoms with Gasteiger partial charge in [-0.3, -0.25) is 5.43 Å². The molecule has 0 bridgehead atoms. The molecule has 1 aromatic rings. The first-order valence-electron chi connectivity index (χ1n) is 3.53. The molecule has 0 amide bonds. The average molecular weight is 151 g/mol. The lowest BCUT2D eigenvalue weighted by molar-refractivity contribution is 0.559. The molecular weight excluding hydrogens is 142 g/mol. The largest absolute Gasteiger partial charge is 0.423 e. The van der Waals surface area contributed by atoms with Crippen LogP contribution in [0, 0.1) is 0 Å². The minimum atomic E-state index is 0.390. The number of allylic oxidation sites excluding steroid dienone is 1. The van der Waals surface area contributed by atoms with Crippen molar-refractivity contribution in [1.29, 1.82) is 0 Å². The maximum atomic E-state index is 5.22. The first kappa shape index (κ1) is 6.42. The second-order valence-corrected chi connectivity index (χ2v) is 2.42. The Kier molecular flexibility index (Phi) is 1.40. The van der Waals surface area contributed by atoms with Crippen molar-refractivity contribution in [2.45, 2.75) is 12.8 Å². The molecule has 0 saturated heterocycles. The van der Waals surface area contributed by atoms with Crippen molar-refractivity contribution < 1.29 is 4.42 Å². The molecule has 1 heterocycles. The predicted octanol–water partition coefficient (Wildman–Crippen LogP) is 0.920. The zero-order valence-electron chi connectivity index (χ0n) is 6.00. The Hall–Kier alpha value is -1.29. The molecule has 0 saturated carbocycles. The number of fused-ring (bicyclic) bond motifs is 1. The summed E-state index contributed by atoms with van der Waals surface area (Å²) in [6, 6.07) is 0.390. The van der Waals surface area contributed by atoms with E-state index in [0.717, 1.165) is 24.3 Å². The van der Waals surface area contributed by atoms with E-state index in [2.05, 4.69) is 16.5 Å². The van der Waals surface area contributed by atoms with Gasteiger partial charge < -0.3 is 4.42 Å². The number of nitrogens with two attached hydrogens (primary N) is 1. The van der Waals surface area contributed by atoms with Gasteiger partial charge in [-0.25, -0.2) is 5.84 Å². The van der Waals surface area contributed by atoms with Crippen LogP contribution in [0.1, 0.15) is 17.9 Å². The number of hydrogen-bond donors (Lipinski definition) is 2. The summed E-state index contributed by atoms with van der Waals surface area (Å²) in [5.74, 6) is 5.95. The summed E-state index contributed by atoms with van der Waals surface area (Å²) < 4.78 is 5.22. The van der Waals surface area contributed by atoms with Gasteiger partial charge >= 0.3 is 6.01 Å². The van der Waals surface area contributed by atoms with Gasteiger partial charge in [0.25, 0.3) is 0 Å². The molecule has 0 unspecified atom stereocenters. The first-order valence-corrected chi connectivity index (χ1v) is 3.53. The van der Waals surface area contributed by atoms with Crippen molar-refractivity contribution in [1.82, 2.24) is 4.98 Å². The van der Waals surface area contributed by atoms with Gasteiger partial charge in [-0.15, -0.1) is 0 Å².